The zero-order valence-corrected chi connectivity index (χ0v) is 7.53. The van der Waals surface area contributed by atoms with E-state index in [0.717, 1.165) is 5.52 Å². The highest BCUT2D eigenvalue weighted by atomic mass is 35.5. The van der Waals surface area contributed by atoms with Gasteiger partial charge in [0.25, 0.3) is 0 Å². The van der Waals surface area contributed by atoms with Crippen LogP contribution in [0.1, 0.15) is 5.56 Å². The highest BCUT2D eigenvalue weighted by molar-refractivity contribution is 6.35. The molecule has 1 aromatic carbocycles. The smallest absolute Gasteiger partial charge is 0.128 e. The minimum atomic E-state index is -0.309. The molecule has 0 unspecified atom stereocenters. The molecule has 0 saturated heterocycles. The zero-order valence-electron chi connectivity index (χ0n) is 6.77. The first kappa shape index (κ1) is 8.53. The average Bonchev–Trinajstić information content (AvgIpc) is 2.47. The molecule has 2 aromatic rings. The fourth-order valence-electron chi connectivity index (χ4n) is 1.31. The third-order valence-corrected chi connectivity index (χ3v) is 2.33. The van der Waals surface area contributed by atoms with Gasteiger partial charge in [-0.3, -0.25) is 0 Å². The predicted molar refractivity (Wildman–Crippen MR) is 51.2 cm³/mol. The normalized spacial score (nSPS) is 11.0. The van der Waals surface area contributed by atoms with Gasteiger partial charge in [-0.2, -0.15) is 0 Å². The summed E-state index contributed by atoms with van der Waals surface area (Å²) < 4.78 is 13.2. The molecule has 4 heteroatoms. The largest absolute Gasteiger partial charge is 0.360 e. The standard InChI is InChI=1S/C9H8ClFN2/c10-7-4-13-9-1-5(3-12)8(11)2-6(7)9/h1-2,4,13H,3,12H2. The molecule has 0 spiro atoms. The molecular formula is C9H8ClFN2. The van der Waals surface area contributed by atoms with Crippen molar-refractivity contribution in [2.45, 2.75) is 6.54 Å². The number of H-pyrrole nitrogens is 1. The molecular weight excluding hydrogens is 191 g/mol. The van der Waals surface area contributed by atoms with E-state index in [1.54, 1.807) is 12.3 Å². The molecule has 2 rings (SSSR count). The molecule has 1 heterocycles. The Morgan fingerprint density at radius 3 is 2.92 bits per heavy atom. The lowest BCUT2D eigenvalue weighted by molar-refractivity contribution is 0.612. The number of halogens is 2. The number of nitrogens with two attached hydrogens (primary N) is 1. The van der Waals surface area contributed by atoms with E-state index in [4.69, 9.17) is 17.3 Å². The molecule has 0 amide bonds. The molecule has 68 valence electrons. The second kappa shape index (κ2) is 3.01. The Kier molecular flexibility index (Phi) is 1.98. The summed E-state index contributed by atoms with van der Waals surface area (Å²) in [6.45, 7) is 0.193. The number of hydrogen-bond acceptors (Lipinski definition) is 1. The highest BCUT2D eigenvalue weighted by Crippen LogP contribution is 2.25. The summed E-state index contributed by atoms with van der Waals surface area (Å²) in [7, 11) is 0. The Morgan fingerprint density at radius 1 is 1.46 bits per heavy atom. The van der Waals surface area contributed by atoms with Crippen LogP contribution in [0.25, 0.3) is 10.9 Å². The van der Waals surface area contributed by atoms with Gasteiger partial charge in [0.05, 0.1) is 5.02 Å². The van der Waals surface area contributed by atoms with E-state index in [1.807, 2.05) is 0 Å². The first-order chi connectivity index (χ1) is 6.22. The van der Waals surface area contributed by atoms with Gasteiger partial charge in [0.15, 0.2) is 0 Å². The predicted octanol–water partition coefficient (Wildman–Crippen LogP) is 2.42. The van der Waals surface area contributed by atoms with E-state index < -0.39 is 0 Å². The van der Waals surface area contributed by atoms with Crippen molar-refractivity contribution in [3.05, 3.63) is 34.7 Å². The van der Waals surface area contributed by atoms with Gasteiger partial charge in [-0.1, -0.05) is 11.6 Å². The van der Waals surface area contributed by atoms with Crippen LogP contribution in [0.15, 0.2) is 18.3 Å². The maximum absolute atomic E-state index is 13.2. The Hall–Kier alpha value is -1.06. The molecule has 0 aliphatic rings. The van der Waals surface area contributed by atoms with E-state index in [0.29, 0.717) is 16.0 Å². The maximum atomic E-state index is 13.2. The maximum Gasteiger partial charge on any atom is 0.128 e. The highest BCUT2D eigenvalue weighted by Gasteiger charge is 2.06. The Balaban J connectivity index is 2.76. The lowest BCUT2D eigenvalue weighted by Crippen LogP contribution is -1.99. The molecule has 0 radical (unpaired) electrons. The van der Waals surface area contributed by atoms with Crippen LogP contribution in [0.2, 0.25) is 5.02 Å². The van der Waals surface area contributed by atoms with Crippen LogP contribution in [0, 0.1) is 5.82 Å². The molecule has 0 aliphatic carbocycles. The second-order valence-electron chi connectivity index (χ2n) is 2.83. The van der Waals surface area contributed by atoms with Crippen molar-refractivity contribution >= 4 is 22.5 Å². The van der Waals surface area contributed by atoms with Gasteiger partial charge < -0.3 is 10.7 Å². The number of aromatic nitrogens is 1. The van der Waals surface area contributed by atoms with Gasteiger partial charge in [0.1, 0.15) is 5.82 Å². The lowest BCUT2D eigenvalue weighted by atomic mass is 10.1. The first-order valence-corrected chi connectivity index (χ1v) is 4.25. The van der Waals surface area contributed by atoms with Gasteiger partial charge in [-0.05, 0) is 12.1 Å². The third-order valence-electron chi connectivity index (χ3n) is 2.02. The summed E-state index contributed by atoms with van der Waals surface area (Å²) in [5, 5.41) is 1.22. The average molecular weight is 199 g/mol. The summed E-state index contributed by atoms with van der Waals surface area (Å²) in [5.74, 6) is -0.309. The number of hydrogen-bond donors (Lipinski definition) is 2. The van der Waals surface area contributed by atoms with E-state index in [2.05, 4.69) is 4.98 Å². The van der Waals surface area contributed by atoms with E-state index in [9.17, 15) is 4.39 Å². The lowest BCUT2D eigenvalue weighted by Gasteiger charge is -1.99. The minimum Gasteiger partial charge on any atom is -0.360 e. The molecule has 1 aromatic heterocycles. The summed E-state index contributed by atoms with van der Waals surface area (Å²) in [4.78, 5) is 2.94. The van der Waals surface area contributed by atoms with Gasteiger partial charge in [-0.25, -0.2) is 4.39 Å². The summed E-state index contributed by atoms with van der Waals surface area (Å²) in [5.41, 5.74) is 6.67. The van der Waals surface area contributed by atoms with Crippen molar-refractivity contribution in [1.29, 1.82) is 0 Å². The topological polar surface area (TPSA) is 41.8 Å². The van der Waals surface area contributed by atoms with Crippen molar-refractivity contribution in [2.75, 3.05) is 0 Å². The van der Waals surface area contributed by atoms with E-state index in [1.165, 1.54) is 6.07 Å². The summed E-state index contributed by atoms with van der Waals surface area (Å²) in [6.07, 6.45) is 1.63. The summed E-state index contributed by atoms with van der Waals surface area (Å²) >= 11 is 5.81. The number of nitrogens with one attached hydrogen (secondary N) is 1. The molecule has 0 aliphatic heterocycles. The van der Waals surface area contributed by atoms with Crippen LogP contribution >= 0.6 is 11.6 Å². The van der Waals surface area contributed by atoms with Crippen molar-refractivity contribution in [1.82, 2.24) is 4.98 Å². The quantitative estimate of drug-likeness (QED) is 0.726. The van der Waals surface area contributed by atoms with Crippen molar-refractivity contribution in [2.24, 2.45) is 5.73 Å². The van der Waals surface area contributed by atoms with Gasteiger partial charge in [0.2, 0.25) is 0 Å². The Morgan fingerprint density at radius 2 is 2.23 bits per heavy atom. The number of rotatable bonds is 1. The van der Waals surface area contributed by atoms with Crippen LogP contribution in [0.4, 0.5) is 4.39 Å². The van der Waals surface area contributed by atoms with Crippen molar-refractivity contribution < 1.29 is 4.39 Å². The number of fused-ring (bicyclic) bond motifs is 1. The zero-order chi connectivity index (χ0) is 9.42. The van der Waals surface area contributed by atoms with Crippen molar-refractivity contribution in [3.8, 4) is 0 Å². The second-order valence-corrected chi connectivity index (χ2v) is 3.24. The first-order valence-electron chi connectivity index (χ1n) is 3.87. The van der Waals surface area contributed by atoms with Crippen LogP contribution in [-0.2, 0) is 6.54 Å². The third kappa shape index (κ3) is 1.30. The molecule has 0 bridgehead atoms. The monoisotopic (exact) mass is 198 g/mol. The molecule has 0 fully saturated rings. The van der Waals surface area contributed by atoms with E-state index >= 15 is 0 Å². The van der Waals surface area contributed by atoms with Crippen LogP contribution in [0.5, 0.6) is 0 Å². The van der Waals surface area contributed by atoms with Crippen LogP contribution in [0.3, 0.4) is 0 Å². The Bertz CT molecular complexity index is 450. The van der Waals surface area contributed by atoms with E-state index in [-0.39, 0.29) is 12.4 Å². The molecule has 2 nitrogen and oxygen atoms in total. The van der Waals surface area contributed by atoms with Gasteiger partial charge in [-0.15, -0.1) is 0 Å². The number of aromatic amines is 1. The fourth-order valence-corrected chi connectivity index (χ4v) is 1.52. The van der Waals surface area contributed by atoms with Crippen molar-refractivity contribution in [3.63, 3.8) is 0 Å². The van der Waals surface area contributed by atoms with Crippen LogP contribution in [-0.4, -0.2) is 4.98 Å². The van der Waals surface area contributed by atoms with Gasteiger partial charge in [0, 0.05) is 29.2 Å². The SMILES string of the molecule is NCc1cc2[nH]cc(Cl)c2cc1F. The fraction of sp³-hybridized carbons (Fsp3) is 0.111. The number of benzene rings is 1. The molecule has 3 N–H and O–H groups in total. The van der Waals surface area contributed by atoms with Crippen LogP contribution < -0.4 is 5.73 Å². The minimum absolute atomic E-state index is 0.193. The summed E-state index contributed by atoms with van der Waals surface area (Å²) in [6, 6.07) is 3.08. The molecule has 0 saturated carbocycles. The Labute approximate surface area is 79.5 Å². The molecule has 13 heavy (non-hydrogen) atoms. The molecule has 0 atom stereocenters. The van der Waals surface area contributed by atoms with Gasteiger partial charge >= 0.3 is 0 Å².